The maximum atomic E-state index is 4.26. The molecule has 0 rings (SSSR count). The van der Waals surface area contributed by atoms with Gasteiger partial charge >= 0.3 is 21.1 Å². The molecule has 0 unspecified atom stereocenters. The maximum absolute atomic E-state index is 4.26. The van der Waals surface area contributed by atoms with Crippen LogP contribution in [-0.4, -0.2) is 0 Å². The van der Waals surface area contributed by atoms with Crippen molar-refractivity contribution < 1.29 is 24.9 Å². The van der Waals surface area contributed by atoms with Crippen molar-refractivity contribution in [1.82, 2.24) is 0 Å². The van der Waals surface area contributed by atoms with Gasteiger partial charge in [-0.25, -0.2) is 0 Å². The van der Waals surface area contributed by atoms with Crippen LogP contribution in [0.1, 0.15) is 0 Å². The van der Waals surface area contributed by atoms with Crippen LogP contribution in [0.2, 0.25) is 0 Å². The minimum Gasteiger partial charge on any atom is -0.166 e. The van der Waals surface area contributed by atoms with Gasteiger partial charge in [0.2, 0.25) is 0 Å². The first-order chi connectivity index (χ1) is 1.41. The first-order valence-electron chi connectivity index (χ1n) is 0.309. The minimum atomic E-state index is 0. The summed E-state index contributed by atoms with van der Waals surface area (Å²) < 4.78 is 3.19. The van der Waals surface area contributed by atoms with Crippen molar-refractivity contribution in [3.05, 3.63) is 0 Å². The number of hydrogen-bond donors (Lipinski definition) is 0. The van der Waals surface area contributed by atoms with Gasteiger partial charge in [-0.3, -0.25) is 0 Å². The van der Waals surface area contributed by atoms with E-state index in [1.54, 1.807) is 0 Å². The molecule has 0 aliphatic carbocycles. The quantitative estimate of drug-likeness (QED) is 0.514. The topological polar surface area (TPSA) is 9.23 Å². The molecule has 0 saturated carbocycles. The largest absolute Gasteiger partial charge is 6.00 e. The maximum Gasteiger partial charge on any atom is 6.00 e. The third-order valence-electron chi connectivity index (χ3n) is 0. The van der Waals surface area contributed by atoms with E-state index in [4.69, 9.17) is 0 Å². The van der Waals surface area contributed by atoms with Crippen LogP contribution in [0.5, 0.6) is 0 Å². The molecule has 0 saturated heterocycles. The molecule has 0 aliphatic heterocycles. The van der Waals surface area contributed by atoms with Crippen LogP contribution in [0.25, 0.3) is 0 Å². The van der Waals surface area contributed by atoms with E-state index in [0.717, 1.165) is 0 Å². The molecule has 0 fully saturated rings. The van der Waals surface area contributed by atoms with Gasteiger partial charge in [-0.15, -0.1) is 0 Å². The van der Waals surface area contributed by atoms with Gasteiger partial charge in [-0.1, -0.05) is 0 Å². The first-order valence-corrected chi connectivity index (χ1v) is 0.926. The minimum absolute atomic E-state index is 0. The van der Waals surface area contributed by atoms with Crippen molar-refractivity contribution in [2.45, 2.75) is 0 Å². The molecule has 0 aliphatic rings. The molecular formula is Cl2MoO+6. The van der Waals surface area contributed by atoms with E-state index in [1.165, 1.54) is 0 Å². The molecule has 0 atom stereocenters. The van der Waals surface area contributed by atoms with Crippen LogP contribution in [0.3, 0.4) is 0 Å². The fourth-order valence-electron chi connectivity index (χ4n) is 0. The SMILES string of the molecule is ClOCl.[Mo+6]. The average molecular weight is 183 g/mol. The van der Waals surface area contributed by atoms with Gasteiger partial charge in [0.1, 0.15) is 0 Å². The van der Waals surface area contributed by atoms with Crippen molar-refractivity contribution >= 4 is 23.7 Å². The Bertz CT molecular complexity index is 6.00. The van der Waals surface area contributed by atoms with Crippen LogP contribution in [0.4, 0.5) is 0 Å². The van der Waals surface area contributed by atoms with Crippen LogP contribution in [0, 0.1) is 0 Å². The van der Waals surface area contributed by atoms with Gasteiger partial charge in [-0.2, -0.15) is 3.84 Å². The van der Waals surface area contributed by atoms with Gasteiger partial charge in [0.25, 0.3) is 0 Å². The molecule has 0 N–H and O–H groups in total. The van der Waals surface area contributed by atoms with E-state index in [2.05, 4.69) is 27.6 Å². The Kier molecular flexibility index (Phi) is 19.9. The number of hydrogen-bond acceptors (Lipinski definition) is 1. The molecule has 1 nitrogen and oxygen atoms in total. The fraction of sp³-hybridized carbons (Fsp3) is 0. The number of halogens is 2. The van der Waals surface area contributed by atoms with Crippen LogP contribution >= 0.6 is 23.7 Å². The Morgan fingerprint density at radius 3 is 1.25 bits per heavy atom. The van der Waals surface area contributed by atoms with Crippen LogP contribution in [0.15, 0.2) is 0 Å². The zero-order chi connectivity index (χ0) is 2.71. The second kappa shape index (κ2) is 8.87. The number of rotatable bonds is 0. The molecule has 0 heterocycles. The Morgan fingerprint density at radius 1 is 1.25 bits per heavy atom. The smallest absolute Gasteiger partial charge is 0.166 e. The summed E-state index contributed by atoms with van der Waals surface area (Å²) in [5.74, 6) is 0. The molecule has 0 aromatic heterocycles. The molecule has 20 valence electrons. The van der Waals surface area contributed by atoms with E-state index >= 15 is 0 Å². The van der Waals surface area contributed by atoms with Crippen LogP contribution in [-0.2, 0) is 24.9 Å². The fourth-order valence-corrected chi connectivity index (χ4v) is 0. The van der Waals surface area contributed by atoms with Crippen molar-refractivity contribution in [3.63, 3.8) is 0 Å². The second-order valence-corrected chi connectivity index (χ2v) is 0.525. The van der Waals surface area contributed by atoms with Gasteiger partial charge in [0, 0.05) is 0 Å². The summed E-state index contributed by atoms with van der Waals surface area (Å²) in [6.45, 7) is 0. The summed E-state index contributed by atoms with van der Waals surface area (Å²) in [6, 6.07) is 0. The Balaban J connectivity index is 0. The van der Waals surface area contributed by atoms with Gasteiger partial charge in [0.05, 0.1) is 23.7 Å². The van der Waals surface area contributed by atoms with Gasteiger partial charge < -0.3 is 0 Å². The molecule has 0 aromatic carbocycles. The van der Waals surface area contributed by atoms with Crippen molar-refractivity contribution in [1.29, 1.82) is 0 Å². The van der Waals surface area contributed by atoms with Gasteiger partial charge in [0.15, 0.2) is 0 Å². The predicted molar refractivity (Wildman–Crippen MR) is 12.8 cm³/mol. The second-order valence-electron chi connectivity index (χ2n) is 0.0583. The van der Waals surface area contributed by atoms with Crippen LogP contribution < -0.4 is 0 Å². The van der Waals surface area contributed by atoms with E-state index in [9.17, 15) is 0 Å². The molecule has 0 spiro atoms. The van der Waals surface area contributed by atoms with E-state index in [1.807, 2.05) is 0 Å². The van der Waals surface area contributed by atoms with Gasteiger partial charge in [-0.05, 0) is 0 Å². The molecule has 0 amide bonds. The summed E-state index contributed by atoms with van der Waals surface area (Å²) in [4.78, 5) is 0. The Labute approximate surface area is 48.8 Å². The molecule has 0 aromatic rings. The zero-order valence-corrected chi connectivity index (χ0v) is 5.09. The summed E-state index contributed by atoms with van der Waals surface area (Å²) >= 11 is 8.53. The predicted octanol–water partition coefficient (Wildman–Crippen LogP) is 1.31. The normalized spacial score (nSPS) is 4.50. The standard InChI is InChI=1S/Cl2O.Mo/c1-3-2;/q;+6. The Morgan fingerprint density at radius 2 is 1.25 bits per heavy atom. The average Bonchev–Trinajstić information content (AvgIpc) is 0.918. The summed E-state index contributed by atoms with van der Waals surface area (Å²) in [7, 11) is 0. The third kappa shape index (κ3) is 10.6. The Hall–Kier alpha value is 1.23. The van der Waals surface area contributed by atoms with Crippen molar-refractivity contribution in [2.24, 2.45) is 0 Å². The van der Waals surface area contributed by atoms with Crippen molar-refractivity contribution in [3.8, 4) is 0 Å². The molecular weight excluding hydrogens is 183 g/mol. The third-order valence-corrected chi connectivity index (χ3v) is 0. The van der Waals surface area contributed by atoms with E-state index in [-0.39, 0.29) is 21.1 Å². The molecule has 4 heavy (non-hydrogen) atoms. The van der Waals surface area contributed by atoms with E-state index < -0.39 is 0 Å². The summed E-state index contributed by atoms with van der Waals surface area (Å²) in [5.41, 5.74) is 0. The molecule has 0 bridgehead atoms. The monoisotopic (exact) mass is 184 g/mol. The summed E-state index contributed by atoms with van der Waals surface area (Å²) in [6.07, 6.45) is 0. The van der Waals surface area contributed by atoms with Crippen molar-refractivity contribution in [2.75, 3.05) is 0 Å². The summed E-state index contributed by atoms with van der Waals surface area (Å²) in [5, 5.41) is 0. The molecule has 4 heteroatoms. The zero-order valence-electron chi connectivity index (χ0n) is 1.57. The first kappa shape index (κ1) is 8.97. The molecule has 0 radical (unpaired) electrons. The van der Waals surface area contributed by atoms with E-state index in [0.29, 0.717) is 0 Å².